The van der Waals surface area contributed by atoms with Crippen molar-refractivity contribution in [2.24, 2.45) is 0 Å². The first-order valence-corrected chi connectivity index (χ1v) is 10.2. The maximum absolute atomic E-state index is 12.5. The zero-order chi connectivity index (χ0) is 22.2. The molecule has 0 saturated carbocycles. The number of nitrogens with one attached hydrogen (secondary N) is 2. The molecule has 0 atom stereocenters. The quantitative estimate of drug-likeness (QED) is 0.448. The number of thiocarbonyl (C=S) groups is 1. The van der Waals surface area contributed by atoms with Gasteiger partial charge < -0.3 is 24.3 Å². The number of aliphatic hydroxyl groups is 1. The molecule has 1 heterocycles. The minimum Gasteiger partial charge on any atom is -0.496 e. The number of carbonyl (C=O) groups is 1. The number of benzene rings is 2. The van der Waals surface area contributed by atoms with Crippen LogP contribution in [0.2, 0.25) is 0 Å². The molecule has 8 heteroatoms. The minimum atomic E-state index is -0.341. The van der Waals surface area contributed by atoms with Crippen molar-refractivity contribution in [1.82, 2.24) is 5.32 Å². The number of hydrogen-bond acceptors (Lipinski definition) is 6. The van der Waals surface area contributed by atoms with Crippen LogP contribution in [-0.2, 0) is 6.61 Å². The van der Waals surface area contributed by atoms with Gasteiger partial charge in [-0.3, -0.25) is 10.1 Å². The molecule has 0 saturated heterocycles. The highest BCUT2D eigenvalue weighted by atomic mass is 32.1. The van der Waals surface area contributed by atoms with Crippen LogP contribution in [0.25, 0.3) is 11.3 Å². The van der Waals surface area contributed by atoms with Crippen LogP contribution in [0.1, 0.15) is 29.5 Å². The highest BCUT2D eigenvalue weighted by Crippen LogP contribution is 2.33. The van der Waals surface area contributed by atoms with Crippen molar-refractivity contribution in [2.75, 3.05) is 19.0 Å². The van der Waals surface area contributed by atoms with Gasteiger partial charge in [-0.15, -0.1) is 0 Å². The number of hydrogen-bond donors (Lipinski definition) is 3. The molecule has 0 fully saturated rings. The van der Waals surface area contributed by atoms with Gasteiger partial charge in [0.1, 0.15) is 29.6 Å². The van der Waals surface area contributed by atoms with Crippen LogP contribution >= 0.6 is 12.2 Å². The average molecular weight is 441 g/mol. The standard InChI is InChI=1S/C23H24N2O5S/c1-3-11-29-17-6-4-5-15(12-17)22(27)25-23(31)24-16-7-9-20(28-2)19(13-16)21-10-8-18(14-26)30-21/h4-10,12-13,26H,3,11,14H2,1-2H3,(H2,24,25,27,31). The third kappa shape index (κ3) is 5.84. The van der Waals surface area contributed by atoms with E-state index in [1.807, 2.05) is 6.92 Å². The van der Waals surface area contributed by atoms with Gasteiger partial charge in [-0.25, -0.2) is 0 Å². The van der Waals surface area contributed by atoms with Gasteiger partial charge in [0.05, 0.1) is 19.3 Å². The summed E-state index contributed by atoms with van der Waals surface area (Å²) in [7, 11) is 1.56. The van der Waals surface area contributed by atoms with Crippen LogP contribution < -0.4 is 20.1 Å². The SMILES string of the molecule is CCCOc1cccc(C(=O)NC(=S)Nc2ccc(OC)c(-c3ccc(CO)o3)c2)c1. The molecule has 162 valence electrons. The van der Waals surface area contributed by atoms with E-state index in [9.17, 15) is 9.90 Å². The van der Waals surface area contributed by atoms with Gasteiger partial charge >= 0.3 is 0 Å². The van der Waals surface area contributed by atoms with Crippen LogP contribution in [0.4, 0.5) is 5.69 Å². The van der Waals surface area contributed by atoms with E-state index in [-0.39, 0.29) is 17.6 Å². The lowest BCUT2D eigenvalue weighted by Crippen LogP contribution is -2.34. The molecule has 3 rings (SSSR count). The minimum absolute atomic E-state index is 0.150. The van der Waals surface area contributed by atoms with Gasteiger partial charge in [-0.1, -0.05) is 13.0 Å². The highest BCUT2D eigenvalue weighted by Gasteiger charge is 2.13. The molecule has 2 aromatic carbocycles. The predicted molar refractivity (Wildman–Crippen MR) is 123 cm³/mol. The maximum atomic E-state index is 12.5. The fourth-order valence-electron chi connectivity index (χ4n) is 2.87. The molecular weight excluding hydrogens is 416 g/mol. The number of aliphatic hydroxyl groups excluding tert-OH is 1. The monoisotopic (exact) mass is 440 g/mol. The van der Waals surface area contributed by atoms with E-state index in [4.69, 9.17) is 26.1 Å². The lowest BCUT2D eigenvalue weighted by atomic mass is 10.1. The van der Waals surface area contributed by atoms with Crippen molar-refractivity contribution in [1.29, 1.82) is 0 Å². The Morgan fingerprint density at radius 3 is 2.71 bits per heavy atom. The molecule has 0 spiro atoms. The summed E-state index contributed by atoms with van der Waals surface area (Å²) in [6.45, 7) is 2.41. The topological polar surface area (TPSA) is 93.0 Å². The molecule has 0 aliphatic heterocycles. The predicted octanol–water partition coefficient (Wildman–Crippen LogP) is 4.36. The van der Waals surface area contributed by atoms with Crippen LogP contribution in [0.5, 0.6) is 11.5 Å². The molecule has 3 aromatic rings. The van der Waals surface area contributed by atoms with E-state index in [1.54, 1.807) is 61.7 Å². The van der Waals surface area contributed by atoms with Crippen molar-refractivity contribution in [2.45, 2.75) is 20.0 Å². The lowest BCUT2D eigenvalue weighted by Gasteiger charge is -2.13. The van der Waals surface area contributed by atoms with Gasteiger partial charge in [0.2, 0.25) is 0 Å². The summed E-state index contributed by atoms with van der Waals surface area (Å²) in [5.74, 6) is 1.88. The van der Waals surface area contributed by atoms with E-state index in [1.165, 1.54) is 0 Å². The first-order chi connectivity index (χ1) is 15.0. The van der Waals surface area contributed by atoms with E-state index >= 15 is 0 Å². The Kier molecular flexibility index (Phi) is 7.64. The Balaban J connectivity index is 1.70. The van der Waals surface area contributed by atoms with Crippen LogP contribution in [-0.4, -0.2) is 29.8 Å². The highest BCUT2D eigenvalue weighted by molar-refractivity contribution is 7.80. The third-order valence-corrected chi connectivity index (χ3v) is 4.54. The Morgan fingerprint density at radius 2 is 2.00 bits per heavy atom. The molecule has 31 heavy (non-hydrogen) atoms. The maximum Gasteiger partial charge on any atom is 0.257 e. The molecule has 3 N–H and O–H groups in total. The summed E-state index contributed by atoms with van der Waals surface area (Å²) in [6, 6.07) is 15.7. The molecule has 7 nitrogen and oxygen atoms in total. The molecule has 0 unspecified atom stereocenters. The summed E-state index contributed by atoms with van der Waals surface area (Å²) >= 11 is 5.30. The number of rotatable bonds is 8. The fraction of sp³-hybridized carbons (Fsp3) is 0.217. The smallest absolute Gasteiger partial charge is 0.257 e. The second-order valence-electron chi connectivity index (χ2n) is 6.62. The van der Waals surface area contributed by atoms with Gasteiger partial charge in [-0.05, 0) is 67.2 Å². The molecular formula is C23H24N2O5S. The second kappa shape index (κ2) is 10.6. The van der Waals surface area contributed by atoms with Gasteiger partial charge in [0.25, 0.3) is 5.91 Å². The van der Waals surface area contributed by atoms with E-state index in [0.29, 0.717) is 46.4 Å². The molecule has 0 bridgehead atoms. The van der Waals surface area contributed by atoms with Gasteiger partial charge in [-0.2, -0.15) is 0 Å². The number of amides is 1. The first kappa shape index (κ1) is 22.3. The van der Waals surface area contributed by atoms with Crippen LogP contribution in [0, 0.1) is 0 Å². The summed E-state index contributed by atoms with van der Waals surface area (Å²) in [6.07, 6.45) is 0.883. The zero-order valence-corrected chi connectivity index (χ0v) is 18.1. The number of ether oxygens (including phenoxy) is 2. The first-order valence-electron chi connectivity index (χ1n) is 9.77. The summed E-state index contributed by atoms with van der Waals surface area (Å²) < 4.78 is 16.6. The number of methoxy groups -OCH3 is 1. The molecule has 0 radical (unpaired) electrons. The normalized spacial score (nSPS) is 10.4. The second-order valence-corrected chi connectivity index (χ2v) is 7.03. The Hall–Kier alpha value is -3.36. The molecule has 0 aliphatic carbocycles. The van der Waals surface area contributed by atoms with E-state index < -0.39 is 0 Å². The summed E-state index contributed by atoms with van der Waals surface area (Å²) in [4.78, 5) is 12.5. The van der Waals surface area contributed by atoms with Crippen molar-refractivity contribution in [3.63, 3.8) is 0 Å². The van der Waals surface area contributed by atoms with Crippen molar-refractivity contribution in [3.05, 3.63) is 65.9 Å². The third-order valence-electron chi connectivity index (χ3n) is 4.34. The van der Waals surface area contributed by atoms with Crippen LogP contribution in [0.15, 0.2) is 59.0 Å². The van der Waals surface area contributed by atoms with E-state index in [2.05, 4.69) is 10.6 Å². The molecule has 1 amide bonds. The Bertz CT molecular complexity index is 1060. The zero-order valence-electron chi connectivity index (χ0n) is 17.3. The number of carbonyl (C=O) groups excluding carboxylic acids is 1. The number of anilines is 1. The Labute approximate surface area is 186 Å². The number of furan rings is 1. The van der Waals surface area contributed by atoms with Crippen molar-refractivity contribution < 1.29 is 23.8 Å². The van der Waals surface area contributed by atoms with Crippen molar-refractivity contribution in [3.8, 4) is 22.8 Å². The summed E-state index contributed by atoms with van der Waals surface area (Å²) in [5.41, 5.74) is 1.77. The molecule has 0 aliphatic rings. The van der Waals surface area contributed by atoms with Crippen molar-refractivity contribution >= 4 is 28.9 Å². The lowest BCUT2D eigenvalue weighted by molar-refractivity contribution is 0.0977. The van der Waals surface area contributed by atoms with Gasteiger partial charge in [0, 0.05) is 11.3 Å². The van der Waals surface area contributed by atoms with E-state index in [0.717, 1.165) is 6.42 Å². The van der Waals surface area contributed by atoms with Crippen LogP contribution in [0.3, 0.4) is 0 Å². The molecule has 1 aromatic heterocycles. The summed E-state index contributed by atoms with van der Waals surface area (Å²) in [5, 5.41) is 15.0. The average Bonchev–Trinajstić information content (AvgIpc) is 3.27. The Morgan fingerprint density at radius 1 is 1.16 bits per heavy atom. The fourth-order valence-corrected chi connectivity index (χ4v) is 3.08. The largest absolute Gasteiger partial charge is 0.496 e. The van der Waals surface area contributed by atoms with Gasteiger partial charge in [0.15, 0.2) is 5.11 Å².